The van der Waals surface area contributed by atoms with Gasteiger partial charge >= 0.3 is 13.3 Å². The molecule has 1 aromatic heterocycles. The van der Waals surface area contributed by atoms with E-state index in [1.807, 2.05) is 27.7 Å². The van der Waals surface area contributed by atoms with Gasteiger partial charge in [-0.25, -0.2) is 8.42 Å². The molecule has 0 N–H and O–H groups in total. The van der Waals surface area contributed by atoms with Crippen molar-refractivity contribution in [3.8, 4) is 0 Å². The van der Waals surface area contributed by atoms with Crippen molar-refractivity contribution in [2.45, 2.75) is 62.8 Å². The van der Waals surface area contributed by atoms with Crippen LogP contribution < -0.4 is 5.46 Å². The lowest BCUT2D eigenvalue weighted by Gasteiger charge is -2.32. The lowest BCUT2D eigenvalue weighted by Crippen LogP contribution is -2.42. The Morgan fingerprint density at radius 1 is 1.11 bits per heavy atom. The number of sulfonamides is 1. The molecule has 0 amide bonds. The van der Waals surface area contributed by atoms with Gasteiger partial charge in [0.2, 0.25) is 10.0 Å². The Morgan fingerprint density at radius 2 is 1.64 bits per heavy atom. The van der Waals surface area contributed by atoms with Gasteiger partial charge in [-0.2, -0.15) is 17.5 Å². The lowest BCUT2D eigenvalue weighted by molar-refractivity contribution is -0.182. The molecule has 3 heterocycles. The molecule has 0 unspecified atom stereocenters. The highest BCUT2D eigenvalue weighted by atomic mass is 32.2. The van der Waals surface area contributed by atoms with Crippen LogP contribution >= 0.6 is 0 Å². The van der Waals surface area contributed by atoms with Crippen LogP contribution in [0.5, 0.6) is 0 Å². The van der Waals surface area contributed by atoms with Crippen LogP contribution in [0.3, 0.4) is 0 Å². The molecule has 2 fully saturated rings. The van der Waals surface area contributed by atoms with Crippen LogP contribution in [0.1, 0.15) is 40.5 Å². The number of hydrogen-bond donors (Lipinski definition) is 0. The molecule has 28 heavy (non-hydrogen) atoms. The first kappa shape index (κ1) is 21.5. The molecule has 1 aromatic rings. The number of pyridine rings is 1. The highest BCUT2D eigenvalue weighted by Crippen LogP contribution is 2.37. The van der Waals surface area contributed by atoms with E-state index in [9.17, 15) is 21.6 Å². The number of piperidine rings is 1. The summed E-state index contributed by atoms with van der Waals surface area (Å²) in [6, 6.07) is 1.42. The number of hydrogen-bond acceptors (Lipinski definition) is 5. The monoisotopic (exact) mass is 420 g/mol. The second-order valence-corrected chi connectivity index (χ2v) is 10.2. The van der Waals surface area contributed by atoms with Crippen LogP contribution in [-0.2, 0) is 19.3 Å². The Hall–Kier alpha value is -1.17. The van der Waals surface area contributed by atoms with E-state index in [1.54, 1.807) is 0 Å². The summed E-state index contributed by atoms with van der Waals surface area (Å²) in [5.41, 5.74) is -0.734. The molecule has 0 atom stereocenters. The van der Waals surface area contributed by atoms with E-state index < -0.39 is 40.4 Å². The van der Waals surface area contributed by atoms with Crippen molar-refractivity contribution in [3.05, 3.63) is 18.5 Å². The standard InChI is InChI=1S/C17H24BF3N2O4S/c1-15(2)16(3,4)27-18(26-15)13-9-14(11-22-10-13)28(24,25)23-7-5-12(6-8-23)17(19,20)21/h9-12H,5-8H2,1-4H3. The maximum absolute atomic E-state index is 12.9. The third-order valence-corrected chi connectivity index (χ3v) is 7.68. The molecule has 6 nitrogen and oxygen atoms in total. The van der Waals surface area contributed by atoms with E-state index in [1.165, 1.54) is 18.5 Å². The molecule has 2 aliphatic rings. The zero-order valence-electron chi connectivity index (χ0n) is 16.3. The van der Waals surface area contributed by atoms with Crippen LogP contribution in [0.4, 0.5) is 13.2 Å². The zero-order valence-corrected chi connectivity index (χ0v) is 17.1. The second-order valence-electron chi connectivity index (χ2n) is 8.26. The van der Waals surface area contributed by atoms with Gasteiger partial charge in [-0.1, -0.05) is 0 Å². The Kier molecular flexibility index (Phi) is 5.36. The van der Waals surface area contributed by atoms with Crippen LogP contribution in [0, 0.1) is 5.92 Å². The van der Waals surface area contributed by atoms with Crippen LogP contribution in [0.15, 0.2) is 23.4 Å². The molecule has 0 radical (unpaired) electrons. The number of aromatic nitrogens is 1. The molecular weight excluding hydrogens is 396 g/mol. The predicted molar refractivity (Wildman–Crippen MR) is 97.5 cm³/mol. The van der Waals surface area contributed by atoms with E-state index in [2.05, 4.69) is 4.98 Å². The molecule has 2 aliphatic heterocycles. The van der Waals surface area contributed by atoms with Gasteiger partial charge in [-0.3, -0.25) is 4.98 Å². The highest BCUT2D eigenvalue weighted by Gasteiger charge is 2.52. The Labute approximate surface area is 163 Å². The van der Waals surface area contributed by atoms with Crippen molar-refractivity contribution in [2.75, 3.05) is 13.1 Å². The Balaban J connectivity index is 1.79. The lowest BCUT2D eigenvalue weighted by atomic mass is 9.80. The van der Waals surface area contributed by atoms with Gasteiger partial charge < -0.3 is 9.31 Å². The summed E-state index contributed by atoms with van der Waals surface area (Å²) in [5.74, 6) is -1.46. The Morgan fingerprint density at radius 3 is 2.14 bits per heavy atom. The van der Waals surface area contributed by atoms with Crippen molar-refractivity contribution in [1.29, 1.82) is 0 Å². The van der Waals surface area contributed by atoms with Gasteiger partial charge in [-0.05, 0) is 46.6 Å². The van der Waals surface area contributed by atoms with Gasteiger partial charge in [0.1, 0.15) is 4.90 Å². The summed E-state index contributed by atoms with van der Waals surface area (Å²) in [6.45, 7) is 7.18. The summed E-state index contributed by atoms with van der Waals surface area (Å²) < 4.78 is 77.2. The largest absolute Gasteiger partial charge is 0.496 e. The maximum atomic E-state index is 12.9. The molecule has 2 saturated heterocycles. The van der Waals surface area contributed by atoms with Crippen molar-refractivity contribution >= 4 is 22.6 Å². The molecule has 0 aromatic carbocycles. The topological polar surface area (TPSA) is 68.7 Å². The minimum absolute atomic E-state index is 0.0785. The molecule has 0 spiro atoms. The SMILES string of the molecule is CC1(C)OB(c2cncc(S(=O)(=O)N3CCC(C(F)(F)F)CC3)c2)OC1(C)C. The fourth-order valence-corrected chi connectivity index (χ4v) is 4.73. The average Bonchev–Trinajstić information content (AvgIpc) is 2.82. The van der Waals surface area contributed by atoms with E-state index in [-0.39, 0.29) is 30.8 Å². The van der Waals surface area contributed by atoms with Crippen molar-refractivity contribution in [2.24, 2.45) is 5.92 Å². The predicted octanol–water partition coefficient (Wildman–Crippen LogP) is 2.34. The number of rotatable bonds is 3. The van der Waals surface area contributed by atoms with Gasteiger partial charge in [0.15, 0.2) is 0 Å². The van der Waals surface area contributed by atoms with E-state index >= 15 is 0 Å². The third-order valence-electron chi connectivity index (χ3n) is 5.81. The number of alkyl halides is 3. The molecule has 0 bridgehead atoms. The molecule has 3 rings (SSSR count). The van der Waals surface area contributed by atoms with Crippen molar-refractivity contribution in [1.82, 2.24) is 9.29 Å². The summed E-state index contributed by atoms with van der Waals surface area (Å²) in [7, 11) is -4.72. The molecule has 0 saturated carbocycles. The van der Waals surface area contributed by atoms with Gasteiger partial charge in [0.25, 0.3) is 0 Å². The molecule has 0 aliphatic carbocycles. The third kappa shape index (κ3) is 3.94. The minimum atomic E-state index is -4.30. The fourth-order valence-electron chi connectivity index (χ4n) is 3.26. The van der Waals surface area contributed by atoms with Crippen molar-refractivity contribution < 1.29 is 30.9 Å². The molecular formula is C17H24BF3N2O4S. The quantitative estimate of drug-likeness (QED) is 0.703. The van der Waals surface area contributed by atoms with Crippen LogP contribution in [-0.4, -0.2) is 55.3 Å². The fraction of sp³-hybridized carbons (Fsp3) is 0.706. The van der Waals surface area contributed by atoms with Gasteiger partial charge in [0.05, 0.1) is 17.1 Å². The van der Waals surface area contributed by atoms with Gasteiger partial charge in [-0.15, -0.1) is 0 Å². The van der Waals surface area contributed by atoms with Gasteiger partial charge in [0, 0.05) is 30.9 Å². The Bertz CT molecular complexity index is 821. The normalized spacial score (nSPS) is 23.9. The summed E-state index contributed by atoms with van der Waals surface area (Å²) in [5, 5.41) is 0. The summed E-state index contributed by atoms with van der Waals surface area (Å²) in [4.78, 5) is 3.92. The van der Waals surface area contributed by atoms with E-state index in [4.69, 9.17) is 9.31 Å². The number of halogens is 3. The smallest absolute Gasteiger partial charge is 0.399 e. The first-order chi connectivity index (χ1) is 12.7. The first-order valence-corrected chi connectivity index (χ1v) is 10.6. The first-order valence-electron chi connectivity index (χ1n) is 9.11. The van der Waals surface area contributed by atoms with E-state index in [0.717, 1.165) is 4.31 Å². The number of nitrogens with zero attached hydrogens (tertiary/aromatic N) is 2. The molecule has 156 valence electrons. The average molecular weight is 420 g/mol. The summed E-state index contributed by atoms with van der Waals surface area (Å²) >= 11 is 0. The van der Waals surface area contributed by atoms with E-state index in [0.29, 0.717) is 5.46 Å². The van der Waals surface area contributed by atoms with Crippen LogP contribution in [0.2, 0.25) is 0 Å². The second kappa shape index (κ2) is 6.96. The highest BCUT2D eigenvalue weighted by molar-refractivity contribution is 7.89. The molecule has 11 heteroatoms. The zero-order chi connectivity index (χ0) is 21.0. The minimum Gasteiger partial charge on any atom is -0.399 e. The maximum Gasteiger partial charge on any atom is 0.496 e. The van der Waals surface area contributed by atoms with Crippen molar-refractivity contribution in [3.63, 3.8) is 0 Å². The van der Waals surface area contributed by atoms with Crippen LogP contribution in [0.25, 0.3) is 0 Å². The summed E-state index contributed by atoms with van der Waals surface area (Å²) in [6.07, 6.45) is -2.12.